The van der Waals surface area contributed by atoms with Crippen LogP contribution in [0.3, 0.4) is 0 Å². The van der Waals surface area contributed by atoms with Crippen LogP contribution >= 0.6 is 33.9 Å². The molecule has 0 aliphatic rings. The Morgan fingerprint density at radius 1 is 1.47 bits per heavy atom. The molecule has 0 saturated heterocycles. The van der Waals surface area contributed by atoms with Crippen LogP contribution in [-0.2, 0) is 0 Å². The van der Waals surface area contributed by atoms with Crippen LogP contribution in [0.15, 0.2) is 18.2 Å². The Morgan fingerprint density at radius 2 is 2.29 bits per heavy atom. The molecule has 17 heavy (non-hydrogen) atoms. The fourth-order valence-electron chi connectivity index (χ4n) is 1.53. The predicted molar refractivity (Wildman–Crippen MR) is 76.5 cm³/mol. The van der Waals surface area contributed by atoms with Crippen LogP contribution in [0.5, 0.6) is 5.75 Å². The Labute approximate surface area is 117 Å². The summed E-state index contributed by atoms with van der Waals surface area (Å²) < 4.78 is 7.71. The smallest absolute Gasteiger partial charge is 0.128 e. The van der Waals surface area contributed by atoms with Crippen LogP contribution in [-0.4, -0.2) is 18.3 Å². The molecule has 3 nitrogen and oxygen atoms in total. The first kappa shape index (κ1) is 12.6. The minimum atomic E-state index is 0.126. The summed E-state index contributed by atoms with van der Waals surface area (Å²) >= 11 is 3.83. The molecule has 1 aromatic carbocycles. The number of thiophene rings is 1. The van der Waals surface area contributed by atoms with Crippen molar-refractivity contribution in [2.75, 3.05) is 13.2 Å². The van der Waals surface area contributed by atoms with Gasteiger partial charge in [-0.15, -0.1) is 11.3 Å². The van der Waals surface area contributed by atoms with Crippen molar-refractivity contribution in [3.8, 4) is 11.8 Å². The number of nitriles is 1. The second-order valence-electron chi connectivity index (χ2n) is 3.44. The monoisotopic (exact) mass is 359 g/mol. The Bertz CT molecular complexity index is 574. The van der Waals surface area contributed by atoms with Gasteiger partial charge in [0.25, 0.3) is 0 Å². The molecule has 5 heteroatoms. The van der Waals surface area contributed by atoms with Gasteiger partial charge in [-0.2, -0.15) is 5.26 Å². The fourth-order valence-corrected chi connectivity index (χ4v) is 3.37. The van der Waals surface area contributed by atoms with Crippen molar-refractivity contribution in [1.82, 2.24) is 0 Å². The SMILES string of the molecule is N#Cc1ccc(OCCCO)c2cc(I)sc12. The van der Waals surface area contributed by atoms with Crippen molar-refractivity contribution < 1.29 is 9.84 Å². The highest BCUT2D eigenvalue weighted by Crippen LogP contribution is 2.35. The Balaban J connectivity index is 2.41. The van der Waals surface area contributed by atoms with Gasteiger partial charge in [0.2, 0.25) is 0 Å². The lowest BCUT2D eigenvalue weighted by Crippen LogP contribution is -1.99. The van der Waals surface area contributed by atoms with Crippen LogP contribution < -0.4 is 4.74 Å². The lowest BCUT2D eigenvalue weighted by molar-refractivity contribution is 0.235. The van der Waals surface area contributed by atoms with E-state index >= 15 is 0 Å². The zero-order valence-electron chi connectivity index (χ0n) is 8.94. The van der Waals surface area contributed by atoms with Gasteiger partial charge >= 0.3 is 0 Å². The first-order chi connectivity index (χ1) is 8.26. The largest absolute Gasteiger partial charge is 0.493 e. The molecule has 0 spiro atoms. The van der Waals surface area contributed by atoms with E-state index in [1.165, 1.54) is 0 Å². The van der Waals surface area contributed by atoms with E-state index in [0.717, 1.165) is 18.7 Å². The van der Waals surface area contributed by atoms with Gasteiger partial charge in [-0.1, -0.05) is 0 Å². The highest BCUT2D eigenvalue weighted by molar-refractivity contribution is 14.1. The van der Waals surface area contributed by atoms with E-state index in [4.69, 9.17) is 15.1 Å². The number of halogens is 1. The lowest BCUT2D eigenvalue weighted by Gasteiger charge is -2.06. The van der Waals surface area contributed by atoms with E-state index in [-0.39, 0.29) is 6.61 Å². The van der Waals surface area contributed by atoms with Gasteiger partial charge in [0.1, 0.15) is 11.8 Å². The summed E-state index contributed by atoms with van der Waals surface area (Å²) in [7, 11) is 0. The number of rotatable bonds is 4. The molecule has 88 valence electrons. The zero-order valence-corrected chi connectivity index (χ0v) is 11.9. The van der Waals surface area contributed by atoms with Crippen molar-refractivity contribution in [1.29, 1.82) is 5.26 Å². The van der Waals surface area contributed by atoms with Gasteiger partial charge in [0.15, 0.2) is 0 Å². The molecule has 0 saturated carbocycles. The van der Waals surface area contributed by atoms with E-state index in [1.54, 1.807) is 17.4 Å². The van der Waals surface area contributed by atoms with Gasteiger partial charge in [-0.25, -0.2) is 0 Å². The minimum Gasteiger partial charge on any atom is -0.493 e. The fraction of sp³-hybridized carbons (Fsp3) is 0.250. The summed E-state index contributed by atoms with van der Waals surface area (Å²) in [5.74, 6) is 0.784. The van der Waals surface area contributed by atoms with Crippen molar-refractivity contribution in [3.05, 3.63) is 26.6 Å². The average molecular weight is 359 g/mol. The van der Waals surface area contributed by atoms with Gasteiger partial charge in [-0.3, -0.25) is 0 Å². The van der Waals surface area contributed by atoms with Gasteiger partial charge in [0.05, 0.1) is 19.8 Å². The molecule has 0 bridgehead atoms. The quantitative estimate of drug-likeness (QED) is 0.674. The lowest BCUT2D eigenvalue weighted by atomic mass is 10.1. The molecule has 0 unspecified atom stereocenters. The van der Waals surface area contributed by atoms with Gasteiger partial charge < -0.3 is 9.84 Å². The van der Waals surface area contributed by atoms with E-state index in [2.05, 4.69) is 28.7 Å². The third-order valence-electron chi connectivity index (χ3n) is 2.29. The predicted octanol–water partition coefficient (Wildman–Crippen LogP) is 3.14. The second-order valence-corrected chi connectivity index (χ2v) is 6.39. The van der Waals surface area contributed by atoms with Crippen molar-refractivity contribution in [2.45, 2.75) is 6.42 Å². The van der Waals surface area contributed by atoms with Crippen molar-refractivity contribution in [2.24, 2.45) is 0 Å². The maximum absolute atomic E-state index is 9.03. The molecule has 2 rings (SSSR count). The zero-order chi connectivity index (χ0) is 12.3. The topological polar surface area (TPSA) is 53.2 Å². The highest BCUT2D eigenvalue weighted by Gasteiger charge is 2.10. The summed E-state index contributed by atoms with van der Waals surface area (Å²) in [5, 5.41) is 18.7. The molecule has 0 radical (unpaired) electrons. The third kappa shape index (κ3) is 2.70. The third-order valence-corrected chi connectivity index (χ3v) is 4.22. The number of nitrogens with zero attached hydrogens (tertiary/aromatic N) is 1. The molecule has 1 heterocycles. The number of benzene rings is 1. The maximum Gasteiger partial charge on any atom is 0.128 e. The van der Waals surface area contributed by atoms with E-state index in [1.807, 2.05) is 12.1 Å². The first-order valence-corrected chi connectivity index (χ1v) is 7.01. The molecule has 0 atom stereocenters. The molecular weight excluding hydrogens is 349 g/mol. The Kier molecular flexibility index (Phi) is 4.20. The summed E-state index contributed by atoms with van der Waals surface area (Å²) in [5.41, 5.74) is 0.683. The van der Waals surface area contributed by atoms with Crippen molar-refractivity contribution >= 4 is 44.0 Å². The number of fused-ring (bicyclic) bond motifs is 1. The molecule has 0 fully saturated rings. The van der Waals surface area contributed by atoms with Crippen LogP contribution in [0.4, 0.5) is 0 Å². The van der Waals surface area contributed by atoms with Crippen LogP contribution in [0.1, 0.15) is 12.0 Å². The molecular formula is C12H10INO2S. The summed E-state index contributed by atoms with van der Waals surface area (Å²) in [6.07, 6.45) is 0.614. The first-order valence-electron chi connectivity index (χ1n) is 5.12. The number of hydrogen-bond acceptors (Lipinski definition) is 4. The van der Waals surface area contributed by atoms with Crippen LogP contribution in [0, 0.1) is 14.2 Å². The van der Waals surface area contributed by atoms with Crippen molar-refractivity contribution in [3.63, 3.8) is 0 Å². The minimum absolute atomic E-state index is 0.126. The molecule has 1 aromatic heterocycles. The molecule has 1 N–H and O–H groups in total. The number of ether oxygens (including phenoxy) is 1. The molecule has 2 aromatic rings. The Morgan fingerprint density at radius 3 is 3.00 bits per heavy atom. The number of aliphatic hydroxyl groups is 1. The van der Waals surface area contributed by atoms with E-state index in [9.17, 15) is 0 Å². The van der Waals surface area contributed by atoms with Gasteiger partial charge in [0, 0.05) is 18.4 Å². The van der Waals surface area contributed by atoms with Crippen LogP contribution in [0.25, 0.3) is 10.1 Å². The second kappa shape index (κ2) is 5.67. The Hall–Kier alpha value is -0.840. The normalized spacial score (nSPS) is 10.4. The average Bonchev–Trinajstić information content (AvgIpc) is 2.71. The van der Waals surface area contributed by atoms with E-state index < -0.39 is 0 Å². The number of hydrogen-bond donors (Lipinski definition) is 1. The van der Waals surface area contributed by atoms with Gasteiger partial charge in [-0.05, 0) is 40.8 Å². The van der Waals surface area contributed by atoms with Crippen LogP contribution in [0.2, 0.25) is 0 Å². The summed E-state index contributed by atoms with van der Waals surface area (Å²) in [4.78, 5) is 0. The molecule has 0 aliphatic heterocycles. The molecule has 0 amide bonds. The standard InChI is InChI=1S/C12H10INO2S/c13-11-6-9-10(16-5-1-4-15)3-2-8(7-14)12(9)17-11/h2-3,6,15H,1,4-5H2. The molecule has 0 aliphatic carbocycles. The van der Waals surface area contributed by atoms with E-state index in [0.29, 0.717) is 18.6 Å². The maximum atomic E-state index is 9.03. The summed E-state index contributed by atoms with van der Waals surface area (Å²) in [6, 6.07) is 7.81. The highest BCUT2D eigenvalue weighted by atomic mass is 127. The summed E-state index contributed by atoms with van der Waals surface area (Å²) in [6.45, 7) is 0.616. The number of aliphatic hydroxyl groups excluding tert-OH is 1.